The Bertz CT molecular complexity index is 1450. The number of hydrogen-bond acceptors (Lipinski definition) is 6. The van der Waals surface area contributed by atoms with Crippen molar-refractivity contribution in [1.29, 1.82) is 0 Å². The molecule has 0 fully saturated rings. The Morgan fingerprint density at radius 2 is 1.63 bits per heavy atom. The molecule has 1 aliphatic carbocycles. The summed E-state index contributed by atoms with van der Waals surface area (Å²) in [6.45, 7) is 1.75. The summed E-state index contributed by atoms with van der Waals surface area (Å²) in [6.07, 6.45) is 13.7. The molecule has 8 heteroatoms. The van der Waals surface area contributed by atoms with Crippen molar-refractivity contribution in [3.8, 4) is 11.3 Å². The lowest BCUT2D eigenvalue weighted by Gasteiger charge is -2.22. The van der Waals surface area contributed by atoms with E-state index in [1.54, 1.807) is 30.1 Å². The predicted octanol–water partition coefficient (Wildman–Crippen LogP) is 6.40. The molecule has 0 atom stereocenters. The molecular formula is C30H35ClN6O. The number of rotatable bonds is 11. The maximum absolute atomic E-state index is 12.4. The maximum Gasteiger partial charge on any atom is 0.255 e. The van der Waals surface area contributed by atoms with E-state index in [2.05, 4.69) is 26.7 Å². The second-order valence-electron chi connectivity index (χ2n) is 10.0. The van der Waals surface area contributed by atoms with Gasteiger partial charge in [-0.3, -0.25) is 19.3 Å². The normalized spacial score (nSPS) is 12.9. The van der Waals surface area contributed by atoms with Crippen molar-refractivity contribution in [3.05, 3.63) is 75.4 Å². The van der Waals surface area contributed by atoms with Gasteiger partial charge in [-0.05, 0) is 74.4 Å². The Hall–Kier alpha value is -3.45. The molecule has 3 heterocycles. The van der Waals surface area contributed by atoms with Gasteiger partial charge in [-0.15, -0.1) is 0 Å². The van der Waals surface area contributed by atoms with Gasteiger partial charge in [0.25, 0.3) is 5.56 Å². The van der Waals surface area contributed by atoms with E-state index < -0.39 is 0 Å². The van der Waals surface area contributed by atoms with E-state index in [-0.39, 0.29) is 5.56 Å². The summed E-state index contributed by atoms with van der Waals surface area (Å²) in [5, 5.41) is 9.01. The minimum absolute atomic E-state index is 0.0758. The van der Waals surface area contributed by atoms with E-state index in [0.29, 0.717) is 11.6 Å². The number of fused-ring (bicyclic) bond motifs is 2. The van der Waals surface area contributed by atoms with E-state index in [1.165, 1.54) is 48.0 Å². The average molecular weight is 531 g/mol. The van der Waals surface area contributed by atoms with Gasteiger partial charge in [-0.25, -0.2) is 4.98 Å². The van der Waals surface area contributed by atoms with Crippen LogP contribution in [0.3, 0.4) is 0 Å². The lowest BCUT2D eigenvalue weighted by Crippen LogP contribution is -2.22. The summed E-state index contributed by atoms with van der Waals surface area (Å²) in [5.41, 5.74) is 6.36. The van der Waals surface area contributed by atoms with Crippen molar-refractivity contribution < 1.29 is 0 Å². The van der Waals surface area contributed by atoms with E-state index in [4.69, 9.17) is 16.6 Å². The Labute approximate surface area is 228 Å². The van der Waals surface area contributed by atoms with Crippen molar-refractivity contribution in [2.24, 2.45) is 7.05 Å². The molecule has 0 amide bonds. The molecule has 0 radical (unpaired) electrons. The quantitative estimate of drug-likeness (QED) is 0.218. The molecule has 4 aromatic rings. The van der Waals surface area contributed by atoms with Crippen LogP contribution in [0, 0.1) is 0 Å². The lowest BCUT2D eigenvalue weighted by atomic mass is 9.92. The number of nitrogens with zero attached hydrogens (tertiary/aromatic N) is 4. The highest BCUT2D eigenvalue weighted by molar-refractivity contribution is 6.31. The van der Waals surface area contributed by atoms with Gasteiger partial charge >= 0.3 is 0 Å². The molecule has 0 unspecified atom stereocenters. The molecular weight excluding hydrogens is 496 g/mol. The average Bonchev–Trinajstić information content (AvgIpc) is 2.94. The predicted molar refractivity (Wildman–Crippen MR) is 156 cm³/mol. The molecule has 0 saturated heterocycles. The molecule has 5 rings (SSSR count). The van der Waals surface area contributed by atoms with E-state index in [1.807, 2.05) is 24.3 Å². The fourth-order valence-corrected chi connectivity index (χ4v) is 5.33. The summed E-state index contributed by atoms with van der Waals surface area (Å²) in [6, 6.07) is 11.3. The second-order valence-corrected chi connectivity index (χ2v) is 10.4. The van der Waals surface area contributed by atoms with Crippen LogP contribution in [0.15, 0.2) is 53.6 Å². The Kier molecular flexibility index (Phi) is 8.54. The van der Waals surface area contributed by atoms with Gasteiger partial charge in [0.2, 0.25) is 5.95 Å². The molecule has 0 saturated carbocycles. The largest absolute Gasteiger partial charge is 0.384 e. The molecule has 38 heavy (non-hydrogen) atoms. The first kappa shape index (κ1) is 26.2. The van der Waals surface area contributed by atoms with Gasteiger partial charge in [0.05, 0.1) is 11.2 Å². The van der Waals surface area contributed by atoms with Crippen molar-refractivity contribution in [3.63, 3.8) is 0 Å². The number of pyridine rings is 2. The third-order valence-electron chi connectivity index (χ3n) is 7.27. The van der Waals surface area contributed by atoms with Gasteiger partial charge in [-0.1, -0.05) is 30.9 Å². The van der Waals surface area contributed by atoms with Crippen LogP contribution in [-0.2, 0) is 19.9 Å². The number of aryl methyl sites for hydroxylation is 1. The molecule has 2 N–H and O–H groups in total. The van der Waals surface area contributed by atoms with Crippen LogP contribution in [0.5, 0.6) is 0 Å². The molecule has 0 spiro atoms. The number of benzene rings is 1. The van der Waals surface area contributed by atoms with Gasteiger partial charge < -0.3 is 10.6 Å². The minimum Gasteiger partial charge on any atom is -0.384 e. The first-order valence-corrected chi connectivity index (χ1v) is 14.0. The number of hydrogen-bond donors (Lipinski definition) is 2. The standard InChI is InChI=1S/C30H35ClN6O/c1-37-28(38)20-26(21-13-17-32-18-14-21)36-30(37)34-16-8-4-2-3-7-15-33-29-23-9-5-6-10-25(23)35-27-19-22(31)11-12-24(27)29/h11-14,17-20H,2-10,15-16H2,1H3,(H,33,35)(H,34,36). The number of aromatic nitrogens is 4. The molecule has 7 nitrogen and oxygen atoms in total. The lowest BCUT2D eigenvalue weighted by molar-refractivity contribution is 0.632. The van der Waals surface area contributed by atoms with Gasteiger partial charge in [-0.2, -0.15) is 0 Å². The highest BCUT2D eigenvalue weighted by Crippen LogP contribution is 2.34. The first-order chi connectivity index (χ1) is 18.6. The fourth-order valence-electron chi connectivity index (χ4n) is 5.16. The molecule has 1 aromatic carbocycles. The number of unbranched alkanes of at least 4 members (excludes halogenated alkanes) is 4. The maximum atomic E-state index is 12.4. The topological polar surface area (TPSA) is 84.7 Å². The monoisotopic (exact) mass is 530 g/mol. The highest BCUT2D eigenvalue weighted by Gasteiger charge is 2.18. The number of nitrogens with one attached hydrogen (secondary N) is 2. The summed E-state index contributed by atoms with van der Waals surface area (Å²) >= 11 is 6.25. The highest BCUT2D eigenvalue weighted by atomic mass is 35.5. The molecule has 198 valence electrons. The summed E-state index contributed by atoms with van der Waals surface area (Å²) < 4.78 is 1.56. The van der Waals surface area contributed by atoms with E-state index in [0.717, 1.165) is 61.3 Å². The second kappa shape index (κ2) is 12.4. The van der Waals surface area contributed by atoms with Crippen molar-refractivity contribution >= 4 is 34.1 Å². The van der Waals surface area contributed by atoms with Crippen LogP contribution >= 0.6 is 11.6 Å². The van der Waals surface area contributed by atoms with Crippen LogP contribution < -0.4 is 16.2 Å². The third-order valence-corrected chi connectivity index (χ3v) is 7.51. The molecule has 0 bridgehead atoms. The van der Waals surface area contributed by atoms with Crippen LogP contribution in [0.25, 0.3) is 22.2 Å². The summed E-state index contributed by atoms with van der Waals surface area (Å²) in [5.74, 6) is 0.600. The van der Waals surface area contributed by atoms with E-state index >= 15 is 0 Å². The fraction of sp³-hybridized carbons (Fsp3) is 0.400. The van der Waals surface area contributed by atoms with Crippen molar-refractivity contribution in [2.75, 3.05) is 23.7 Å². The third kappa shape index (κ3) is 6.16. The van der Waals surface area contributed by atoms with Crippen LogP contribution in [-0.4, -0.2) is 32.6 Å². The molecule has 3 aromatic heterocycles. The Morgan fingerprint density at radius 3 is 2.45 bits per heavy atom. The summed E-state index contributed by atoms with van der Waals surface area (Å²) in [7, 11) is 1.75. The van der Waals surface area contributed by atoms with Crippen LogP contribution in [0.2, 0.25) is 5.02 Å². The number of halogens is 1. The Balaban J connectivity index is 1.07. The zero-order chi connectivity index (χ0) is 26.3. The van der Waals surface area contributed by atoms with Gasteiger partial charge in [0.1, 0.15) is 0 Å². The van der Waals surface area contributed by atoms with E-state index in [9.17, 15) is 4.79 Å². The van der Waals surface area contributed by atoms with Crippen LogP contribution in [0.4, 0.5) is 11.6 Å². The van der Waals surface area contributed by atoms with Crippen molar-refractivity contribution in [2.45, 2.75) is 57.8 Å². The number of anilines is 2. The first-order valence-electron chi connectivity index (χ1n) is 13.7. The van der Waals surface area contributed by atoms with Crippen LogP contribution in [0.1, 0.15) is 56.2 Å². The zero-order valence-corrected chi connectivity index (χ0v) is 22.7. The summed E-state index contributed by atoms with van der Waals surface area (Å²) in [4.78, 5) is 26.0. The molecule has 0 aliphatic heterocycles. The van der Waals surface area contributed by atoms with Crippen molar-refractivity contribution in [1.82, 2.24) is 19.5 Å². The van der Waals surface area contributed by atoms with Gasteiger partial charge in [0.15, 0.2) is 0 Å². The SMILES string of the molecule is Cn1c(NCCCCCCCNc2c3c(nc4cc(Cl)ccc24)CCCC3)nc(-c2ccncc2)cc1=O. The molecule has 1 aliphatic rings. The Morgan fingerprint density at radius 1 is 0.895 bits per heavy atom. The zero-order valence-electron chi connectivity index (χ0n) is 22.0. The smallest absolute Gasteiger partial charge is 0.255 e. The minimum atomic E-state index is -0.0758. The van der Waals surface area contributed by atoms with Gasteiger partial charge in [0, 0.05) is 66.0 Å².